The Bertz CT molecular complexity index is 790. The normalized spacial score (nSPS) is 14.4. The molecule has 0 unspecified atom stereocenters. The lowest BCUT2D eigenvalue weighted by Crippen LogP contribution is -2.20. The van der Waals surface area contributed by atoms with Crippen molar-refractivity contribution < 1.29 is 14.3 Å². The average Bonchev–Trinajstić information content (AvgIpc) is 2.67. The van der Waals surface area contributed by atoms with Crippen molar-refractivity contribution in [2.45, 2.75) is 17.9 Å². The Morgan fingerprint density at radius 2 is 1.70 bits per heavy atom. The van der Waals surface area contributed by atoms with Gasteiger partial charge in [0.2, 0.25) is 5.91 Å². The van der Waals surface area contributed by atoms with E-state index < -0.39 is 0 Å². The highest BCUT2D eigenvalue weighted by Gasteiger charge is 2.16. The molecular formula is C20H22N2O3S2. The lowest BCUT2D eigenvalue weighted by molar-refractivity contribution is -0.118. The first kappa shape index (κ1) is 19.6. The molecule has 0 atom stereocenters. The number of amides is 2. The third-order valence-corrected chi connectivity index (χ3v) is 6.83. The van der Waals surface area contributed by atoms with Gasteiger partial charge in [-0.15, -0.1) is 23.5 Å². The summed E-state index contributed by atoms with van der Waals surface area (Å²) in [6, 6.07) is 15.0. The summed E-state index contributed by atoms with van der Waals surface area (Å²) in [5.41, 5.74) is 2.53. The molecule has 142 valence electrons. The molecular weight excluding hydrogens is 380 g/mol. The number of hydrogen-bond acceptors (Lipinski definition) is 5. The molecule has 1 aliphatic heterocycles. The molecule has 3 rings (SSSR count). The second-order valence-electron chi connectivity index (χ2n) is 6.09. The minimum Gasteiger partial charge on any atom is -0.484 e. The minimum absolute atomic E-state index is 0.0728. The van der Waals surface area contributed by atoms with Crippen molar-refractivity contribution in [2.75, 3.05) is 28.7 Å². The van der Waals surface area contributed by atoms with Gasteiger partial charge >= 0.3 is 0 Å². The molecule has 0 aromatic heterocycles. The predicted molar refractivity (Wildman–Crippen MR) is 114 cm³/mol. The van der Waals surface area contributed by atoms with Gasteiger partial charge in [0.25, 0.3) is 5.91 Å². The monoisotopic (exact) mass is 402 g/mol. The zero-order chi connectivity index (χ0) is 19.1. The van der Waals surface area contributed by atoms with Crippen molar-refractivity contribution in [1.29, 1.82) is 0 Å². The summed E-state index contributed by atoms with van der Waals surface area (Å²) in [6.07, 6.45) is 1.27. The third-order valence-electron chi connectivity index (χ3n) is 3.82. The van der Waals surface area contributed by atoms with E-state index in [1.165, 1.54) is 30.4 Å². The van der Waals surface area contributed by atoms with Crippen molar-refractivity contribution in [3.8, 4) is 5.75 Å². The van der Waals surface area contributed by atoms with E-state index in [9.17, 15) is 9.59 Å². The molecule has 27 heavy (non-hydrogen) atoms. The van der Waals surface area contributed by atoms with E-state index >= 15 is 0 Å². The van der Waals surface area contributed by atoms with Crippen LogP contribution in [0.5, 0.6) is 5.75 Å². The van der Waals surface area contributed by atoms with Crippen LogP contribution in [-0.2, 0) is 9.59 Å². The van der Waals surface area contributed by atoms with Crippen molar-refractivity contribution in [3.05, 3.63) is 54.1 Å². The highest BCUT2D eigenvalue weighted by molar-refractivity contribution is 8.16. The van der Waals surface area contributed by atoms with Gasteiger partial charge in [0.05, 0.1) is 4.58 Å². The molecule has 2 aromatic rings. The van der Waals surface area contributed by atoms with E-state index in [1.54, 1.807) is 24.3 Å². The zero-order valence-electron chi connectivity index (χ0n) is 15.1. The van der Waals surface area contributed by atoms with E-state index in [2.05, 4.69) is 22.8 Å². The van der Waals surface area contributed by atoms with Crippen molar-refractivity contribution >= 4 is 46.7 Å². The van der Waals surface area contributed by atoms with E-state index in [0.29, 0.717) is 21.7 Å². The van der Waals surface area contributed by atoms with Crippen LogP contribution in [0.3, 0.4) is 0 Å². The molecule has 2 N–H and O–H groups in total. The fourth-order valence-corrected chi connectivity index (χ4v) is 5.52. The van der Waals surface area contributed by atoms with Crippen LogP contribution in [-0.4, -0.2) is 29.9 Å². The molecule has 1 heterocycles. The fraction of sp³-hybridized carbons (Fsp3) is 0.300. The van der Waals surface area contributed by atoms with Crippen molar-refractivity contribution in [1.82, 2.24) is 0 Å². The van der Waals surface area contributed by atoms with E-state index in [0.717, 1.165) is 0 Å². The molecule has 2 aromatic carbocycles. The Labute approximate surface area is 167 Å². The largest absolute Gasteiger partial charge is 0.484 e. The summed E-state index contributed by atoms with van der Waals surface area (Å²) >= 11 is 3.96. The number of rotatable bonds is 6. The Hall–Kier alpha value is -2.12. The summed E-state index contributed by atoms with van der Waals surface area (Å²) in [4.78, 5) is 23.2. The van der Waals surface area contributed by atoms with E-state index in [1.807, 2.05) is 35.7 Å². The summed E-state index contributed by atoms with van der Waals surface area (Å²) in [5.74, 6) is 2.68. The number of benzene rings is 2. The summed E-state index contributed by atoms with van der Waals surface area (Å²) in [7, 11) is 0. The molecule has 1 fully saturated rings. The van der Waals surface area contributed by atoms with Crippen molar-refractivity contribution in [3.63, 3.8) is 0 Å². The Balaban J connectivity index is 1.49. The number of carbonyl (C=O) groups is 2. The van der Waals surface area contributed by atoms with Crippen LogP contribution >= 0.6 is 23.5 Å². The van der Waals surface area contributed by atoms with Gasteiger partial charge in [0, 0.05) is 18.3 Å². The highest BCUT2D eigenvalue weighted by Crippen LogP contribution is 2.43. The Morgan fingerprint density at radius 1 is 1.04 bits per heavy atom. The minimum atomic E-state index is -0.252. The molecule has 7 heteroatoms. The zero-order valence-corrected chi connectivity index (χ0v) is 16.7. The maximum absolute atomic E-state index is 12.1. The lowest BCUT2D eigenvalue weighted by Gasteiger charge is -2.21. The molecule has 5 nitrogen and oxygen atoms in total. The quantitative estimate of drug-likeness (QED) is 0.743. The smallest absolute Gasteiger partial charge is 0.262 e. The van der Waals surface area contributed by atoms with Crippen LogP contribution in [0.4, 0.5) is 11.4 Å². The standard InChI is InChI=1S/C20H22N2O3S2/c1-14(23)21-16-4-2-5-17(12-16)22-19(24)13-25-18-8-6-15(7-9-18)20-26-10-3-11-27-20/h2,4-9,12,20H,3,10-11,13H2,1H3,(H,21,23)(H,22,24). The number of anilines is 2. The van der Waals surface area contributed by atoms with Crippen LogP contribution in [0.2, 0.25) is 0 Å². The van der Waals surface area contributed by atoms with Gasteiger partial charge in [0.15, 0.2) is 6.61 Å². The summed E-state index contributed by atoms with van der Waals surface area (Å²) < 4.78 is 6.07. The number of hydrogen-bond donors (Lipinski definition) is 2. The number of ether oxygens (including phenoxy) is 1. The summed E-state index contributed by atoms with van der Waals surface area (Å²) in [6.45, 7) is 1.37. The molecule has 0 radical (unpaired) electrons. The van der Waals surface area contributed by atoms with Crippen molar-refractivity contribution in [2.24, 2.45) is 0 Å². The van der Waals surface area contributed by atoms with Crippen LogP contribution in [0.25, 0.3) is 0 Å². The van der Waals surface area contributed by atoms with Gasteiger partial charge in [-0.05, 0) is 53.8 Å². The van der Waals surface area contributed by atoms with Gasteiger partial charge < -0.3 is 15.4 Å². The Kier molecular flexibility index (Phi) is 7.06. The molecule has 2 amide bonds. The van der Waals surface area contributed by atoms with Gasteiger partial charge in [0.1, 0.15) is 5.75 Å². The number of nitrogens with one attached hydrogen (secondary N) is 2. The van der Waals surface area contributed by atoms with Gasteiger partial charge in [-0.3, -0.25) is 9.59 Å². The first-order valence-corrected chi connectivity index (χ1v) is 10.8. The SMILES string of the molecule is CC(=O)Nc1cccc(NC(=O)COc2ccc(C3SCCCS3)cc2)c1. The van der Waals surface area contributed by atoms with Gasteiger partial charge in [-0.1, -0.05) is 18.2 Å². The Morgan fingerprint density at radius 3 is 2.37 bits per heavy atom. The second-order valence-corrected chi connectivity index (χ2v) is 8.82. The number of carbonyl (C=O) groups excluding carboxylic acids is 2. The topological polar surface area (TPSA) is 67.4 Å². The molecule has 0 bridgehead atoms. The average molecular weight is 403 g/mol. The van der Waals surface area contributed by atoms with E-state index in [4.69, 9.17) is 4.74 Å². The lowest BCUT2D eigenvalue weighted by atomic mass is 10.2. The highest BCUT2D eigenvalue weighted by atomic mass is 32.2. The molecule has 1 aliphatic rings. The first-order chi connectivity index (χ1) is 13.1. The van der Waals surface area contributed by atoms with E-state index in [-0.39, 0.29) is 18.4 Å². The summed E-state index contributed by atoms with van der Waals surface area (Å²) in [5, 5.41) is 5.45. The molecule has 0 spiro atoms. The predicted octanol–water partition coefficient (Wildman–Crippen LogP) is 4.53. The third kappa shape index (κ3) is 6.22. The van der Waals surface area contributed by atoms with Gasteiger partial charge in [-0.25, -0.2) is 0 Å². The maximum Gasteiger partial charge on any atom is 0.262 e. The fourth-order valence-electron chi connectivity index (χ4n) is 2.63. The molecule has 1 saturated heterocycles. The molecule has 0 aliphatic carbocycles. The van der Waals surface area contributed by atoms with Crippen LogP contribution < -0.4 is 15.4 Å². The van der Waals surface area contributed by atoms with Crippen LogP contribution in [0, 0.1) is 0 Å². The first-order valence-electron chi connectivity index (χ1n) is 8.73. The second kappa shape index (κ2) is 9.71. The number of thioether (sulfide) groups is 2. The maximum atomic E-state index is 12.1. The van der Waals surface area contributed by atoms with Crippen LogP contribution in [0.15, 0.2) is 48.5 Å². The molecule has 0 saturated carbocycles. The van der Waals surface area contributed by atoms with Crippen LogP contribution in [0.1, 0.15) is 23.5 Å². The van der Waals surface area contributed by atoms with Gasteiger partial charge in [-0.2, -0.15) is 0 Å².